The molecule has 0 atom stereocenters. The number of carbonyl (C=O) groups excluding carboxylic acids is 1. The van der Waals surface area contributed by atoms with Crippen LogP contribution in [0.4, 0.5) is 28.0 Å². The predicted octanol–water partition coefficient (Wildman–Crippen LogP) is 4.18. The maximum atomic E-state index is 13.0. The third-order valence-electron chi connectivity index (χ3n) is 3.69. The molecule has 1 aromatic carbocycles. The summed E-state index contributed by atoms with van der Waals surface area (Å²) < 4.78 is 59.1. The highest BCUT2D eigenvalue weighted by Crippen LogP contribution is 2.19. The minimum Gasteiger partial charge on any atom is -0.468 e. The Labute approximate surface area is 168 Å². The normalized spacial score (nSPS) is 11.2. The van der Waals surface area contributed by atoms with Gasteiger partial charge in [-0.3, -0.25) is 0 Å². The van der Waals surface area contributed by atoms with Gasteiger partial charge in [-0.15, -0.1) is 0 Å². The topological polar surface area (TPSA) is 89.3 Å². The van der Waals surface area contributed by atoms with Crippen LogP contribution in [0.5, 0.6) is 5.88 Å². The van der Waals surface area contributed by atoms with E-state index in [0.29, 0.717) is 23.6 Å². The molecule has 0 aliphatic rings. The molecule has 0 aliphatic carbocycles. The first-order chi connectivity index (χ1) is 14.3. The minimum absolute atomic E-state index is 0.207. The van der Waals surface area contributed by atoms with Crippen LogP contribution < -0.4 is 15.4 Å². The number of rotatable bonds is 7. The van der Waals surface area contributed by atoms with Crippen LogP contribution in [-0.4, -0.2) is 35.3 Å². The van der Waals surface area contributed by atoms with Crippen LogP contribution in [0.15, 0.2) is 53.3 Å². The SMILES string of the molecule is O=C(NCCc1coc(-c2ccc(F)cc2)n1)Nc1ccc(OCC(F)(F)F)nc1. The lowest BCUT2D eigenvalue weighted by molar-refractivity contribution is -0.154. The van der Waals surface area contributed by atoms with Gasteiger partial charge in [0.1, 0.15) is 12.1 Å². The molecule has 2 amide bonds. The van der Waals surface area contributed by atoms with Gasteiger partial charge in [0.25, 0.3) is 0 Å². The van der Waals surface area contributed by atoms with Gasteiger partial charge in [0.05, 0.1) is 17.6 Å². The molecule has 0 radical (unpaired) electrons. The Morgan fingerprint density at radius 3 is 2.57 bits per heavy atom. The summed E-state index contributed by atoms with van der Waals surface area (Å²) in [7, 11) is 0. The third-order valence-corrected chi connectivity index (χ3v) is 3.69. The van der Waals surface area contributed by atoms with Gasteiger partial charge in [-0.1, -0.05) is 0 Å². The van der Waals surface area contributed by atoms with E-state index in [2.05, 4.69) is 25.3 Å². The molecular weight excluding hydrogens is 408 g/mol. The summed E-state index contributed by atoms with van der Waals surface area (Å²) >= 11 is 0. The molecule has 2 heterocycles. The molecule has 0 fully saturated rings. The Balaban J connectivity index is 1.42. The summed E-state index contributed by atoms with van der Waals surface area (Å²) in [4.78, 5) is 19.9. The summed E-state index contributed by atoms with van der Waals surface area (Å²) in [5, 5.41) is 5.10. The smallest absolute Gasteiger partial charge is 0.422 e. The molecular formula is C19H16F4N4O3. The zero-order valence-electron chi connectivity index (χ0n) is 15.4. The van der Waals surface area contributed by atoms with Crippen LogP contribution >= 0.6 is 0 Å². The number of amides is 2. The van der Waals surface area contributed by atoms with Gasteiger partial charge >= 0.3 is 12.2 Å². The van der Waals surface area contributed by atoms with Crippen LogP contribution in [0.2, 0.25) is 0 Å². The van der Waals surface area contributed by atoms with Crippen molar-refractivity contribution in [2.45, 2.75) is 12.6 Å². The number of alkyl halides is 3. The third kappa shape index (κ3) is 6.47. The van der Waals surface area contributed by atoms with Gasteiger partial charge in [0.15, 0.2) is 6.61 Å². The summed E-state index contributed by atoms with van der Waals surface area (Å²) in [6, 6.07) is 7.75. The van der Waals surface area contributed by atoms with Gasteiger partial charge in [-0.05, 0) is 30.3 Å². The van der Waals surface area contributed by atoms with E-state index in [1.807, 2.05) is 0 Å². The Hall–Kier alpha value is -3.63. The number of benzene rings is 1. The van der Waals surface area contributed by atoms with E-state index in [1.54, 1.807) is 12.1 Å². The summed E-state index contributed by atoms with van der Waals surface area (Å²) in [5.74, 6) is -0.228. The van der Waals surface area contributed by atoms with E-state index >= 15 is 0 Å². The second-order valence-corrected chi connectivity index (χ2v) is 6.07. The molecule has 0 saturated carbocycles. The van der Waals surface area contributed by atoms with Crippen LogP contribution in [-0.2, 0) is 6.42 Å². The van der Waals surface area contributed by atoms with Crippen LogP contribution in [0.3, 0.4) is 0 Å². The number of ether oxygens (including phenoxy) is 1. The molecule has 0 aliphatic heterocycles. The monoisotopic (exact) mass is 424 g/mol. The van der Waals surface area contributed by atoms with Gasteiger partial charge in [-0.25, -0.2) is 19.2 Å². The number of carbonyl (C=O) groups is 1. The summed E-state index contributed by atoms with van der Waals surface area (Å²) in [6.07, 6.45) is -1.44. The Morgan fingerprint density at radius 2 is 1.90 bits per heavy atom. The highest BCUT2D eigenvalue weighted by atomic mass is 19.4. The van der Waals surface area contributed by atoms with Crippen LogP contribution in [0, 0.1) is 5.82 Å². The number of oxazole rings is 1. The summed E-state index contributed by atoms with van der Waals surface area (Å²) in [6.45, 7) is -1.19. The van der Waals surface area contributed by atoms with Crippen molar-refractivity contribution in [3.8, 4) is 17.3 Å². The van der Waals surface area contributed by atoms with E-state index < -0.39 is 18.8 Å². The number of nitrogens with zero attached hydrogens (tertiary/aromatic N) is 2. The van der Waals surface area contributed by atoms with E-state index in [1.165, 1.54) is 36.7 Å². The fourth-order valence-electron chi connectivity index (χ4n) is 2.32. The lowest BCUT2D eigenvalue weighted by atomic mass is 10.2. The Bertz CT molecular complexity index is 973. The van der Waals surface area contributed by atoms with Crippen molar-refractivity contribution in [2.24, 2.45) is 0 Å². The lowest BCUT2D eigenvalue weighted by Gasteiger charge is -2.09. The van der Waals surface area contributed by atoms with Gasteiger partial charge in [0, 0.05) is 24.6 Å². The predicted molar refractivity (Wildman–Crippen MR) is 98.4 cm³/mol. The fourth-order valence-corrected chi connectivity index (χ4v) is 2.32. The van der Waals surface area contributed by atoms with Crippen molar-refractivity contribution in [3.05, 3.63) is 60.4 Å². The average molecular weight is 424 g/mol. The van der Waals surface area contributed by atoms with Gasteiger partial charge < -0.3 is 19.8 Å². The molecule has 3 aromatic rings. The summed E-state index contributed by atoms with van der Waals surface area (Å²) in [5.41, 5.74) is 1.51. The van der Waals surface area contributed by atoms with E-state index in [-0.39, 0.29) is 23.9 Å². The molecule has 30 heavy (non-hydrogen) atoms. The Morgan fingerprint density at radius 1 is 1.13 bits per heavy atom. The standard InChI is InChI=1S/C19H16F4N4O3/c20-13-3-1-12(2-4-13)17-26-15(10-29-17)7-8-24-18(28)27-14-5-6-16(25-9-14)30-11-19(21,22)23/h1-6,9-10H,7-8,11H2,(H2,24,27,28). The largest absolute Gasteiger partial charge is 0.468 e. The molecule has 0 bridgehead atoms. The first kappa shape index (κ1) is 21.1. The van der Waals surface area contributed by atoms with Crippen molar-refractivity contribution in [1.82, 2.24) is 15.3 Å². The van der Waals surface area contributed by atoms with E-state index in [4.69, 9.17) is 4.42 Å². The number of nitrogens with one attached hydrogen (secondary N) is 2. The highest BCUT2D eigenvalue weighted by Gasteiger charge is 2.28. The van der Waals surface area contributed by atoms with Gasteiger partial charge in [0.2, 0.25) is 11.8 Å². The number of anilines is 1. The highest BCUT2D eigenvalue weighted by molar-refractivity contribution is 5.89. The fraction of sp³-hybridized carbons (Fsp3) is 0.211. The number of hydrogen-bond acceptors (Lipinski definition) is 5. The first-order valence-electron chi connectivity index (χ1n) is 8.69. The van der Waals surface area contributed by atoms with Crippen molar-refractivity contribution < 1.29 is 31.5 Å². The number of halogens is 4. The van der Waals surface area contributed by atoms with Crippen molar-refractivity contribution >= 4 is 11.7 Å². The molecule has 0 spiro atoms. The molecule has 7 nitrogen and oxygen atoms in total. The molecule has 3 rings (SSSR count). The molecule has 2 N–H and O–H groups in total. The van der Waals surface area contributed by atoms with Crippen molar-refractivity contribution in [3.63, 3.8) is 0 Å². The number of urea groups is 1. The first-order valence-corrected chi connectivity index (χ1v) is 8.69. The molecule has 11 heteroatoms. The van der Waals surface area contributed by atoms with Gasteiger partial charge in [-0.2, -0.15) is 13.2 Å². The van der Waals surface area contributed by atoms with Crippen LogP contribution in [0.1, 0.15) is 5.69 Å². The molecule has 0 unspecified atom stereocenters. The van der Waals surface area contributed by atoms with Crippen molar-refractivity contribution in [2.75, 3.05) is 18.5 Å². The van der Waals surface area contributed by atoms with Crippen LogP contribution in [0.25, 0.3) is 11.5 Å². The van der Waals surface area contributed by atoms with E-state index in [0.717, 1.165) is 0 Å². The maximum Gasteiger partial charge on any atom is 0.422 e. The lowest BCUT2D eigenvalue weighted by Crippen LogP contribution is -2.30. The number of pyridine rings is 1. The zero-order chi connectivity index (χ0) is 21.6. The quantitative estimate of drug-likeness (QED) is 0.556. The molecule has 2 aromatic heterocycles. The van der Waals surface area contributed by atoms with E-state index in [9.17, 15) is 22.4 Å². The second kappa shape index (κ2) is 9.25. The van der Waals surface area contributed by atoms with Crippen molar-refractivity contribution in [1.29, 1.82) is 0 Å². The maximum absolute atomic E-state index is 13.0. The molecule has 158 valence electrons. The number of aromatic nitrogens is 2. The zero-order valence-corrected chi connectivity index (χ0v) is 15.4. The Kier molecular flexibility index (Phi) is 6.50. The molecule has 0 saturated heterocycles. The second-order valence-electron chi connectivity index (χ2n) is 6.07. The number of hydrogen-bond donors (Lipinski definition) is 2. The average Bonchev–Trinajstić information content (AvgIpc) is 3.16. The minimum atomic E-state index is -4.46.